The SMILES string of the molecule is Nc1c(C(=O)O)cnn1-c1ncnc2nc[nH]c12. The van der Waals surface area contributed by atoms with Crippen molar-refractivity contribution < 1.29 is 9.90 Å². The third kappa shape index (κ3) is 1.30. The summed E-state index contributed by atoms with van der Waals surface area (Å²) in [5.41, 5.74) is 6.62. The van der Waals surface area contributed by atoms with Gasteiger partial charge in [0.25, 0.3) is 0 Å². The van der Waals surface area contributed by atoms with Crippen molar-refractivity contribution in [2.24, 2.45) is 0 Å². The summed E-state index contributed by atoms with van der Waals surface area (Å²) in [4.78, 5) is 25.7. The number of carboxylic acid groups (broad SMARTS) is 1. The van der Waals surface area contributed by atoms with Gasteiger partial charge in [0.1, 0.15) is 23.2 Å². The molecule has 0 aliphatic rings. The normalized spacial score (nSPS) is 10.9. The topological polar surface area (TPSA) is 136 Å². The maximum absolute atomic E-state index is 10.9. The van der Waals surface area contributed by atoms with Crippen LogP contribution in [0.15, 0.2) is 18.9 Å². The number of nitrogens with one attached hydrogen (secondary N) is 1. The van der Waals surface area contributed by atoms with E-state index in [-0.39, 0.29) is 11.4 Å². The summed E-state index contributed by atoms with van der Waals surface area (Å²) < 4.78 is 1.23. The van der Waals surface area contributed by atoms with Crippen molar-refractivity contribution in [1.82, 2.24) is 29.7 Å². The molecule has 0 aromatic carbocycles. The fourth-order valence-corrected chi connectivity index (χ4v) is 1.60. The van der Waals surface area contributed by atoms with E-state index >= 15 is 0 Å². The first kappa shape index (κ1) is 10.2. The van der Waals surface area contributed by atoms with Gasteiger partial charge in [0.2, 0.25) is 0 Å². The molecule has 3 aromatic heterocycles. The number of H-pyrrole nitrogens is 1. The van der Waals surface area contributed by atoms with Gasteiger partial charge in [0, 0.05) is 0 Å². The third-order valence-electron chi connectivity index (χ3n) is 2.44. The largest absolute Gasteiger partial charge is 0.477 e. The zero-order valence-electron chi connectivity index (χ0n) is 8.90. The Balaban J connectivity index is 2.26. The van der Waals surface area contributed by atoms with Crippen molar-refractivity contribution in [3.8, 4) is 5.82 Å². The molecule has 9 nitrogen and oxygen atoms in total. The van der Waals surface area contributed by atoms with Crippen molar-refractivity contribution in [3.05, 3.63) is 24.4 Å². The third-order valence-corrected chi connectivity index (χ3v) is 2.44. The minimum absolute atomic E-state index is 0.00269. The van der Waals surface area contributed by atoms with Crippen molar-refractivity contribution in [1.29, 1.82) is 0 Å². The molecule has 90 valence electrons. The standard InChI is InChI=1S/C9H7N7O2/c10-6-4(9(17)18)1-15-16(6)8-5-7(12-2-11-5)13-3-14-8/h1-3H,10H2,(H,17,18)(H,11,12,13,14). The zero-order chi connectivity index (χ0) is 12.7. The predicted octanol–water partition coefficient (Wildman–Crippen LogP) is -0.181. The number of nitrogens with two attached hydrogens (primary N) is 1. The quantitative estimate of drug-likeness (QED) is 0.569. The highest BCUT2D eigenvalue weighted by atomic mass is 16.4. The van der Waals surface area contributed by atoms with Crippen molar-refractivity contribution in [2.45, 2.75) is 0 Å². The Kier molecular flexibility index (Phi) is 1.99. The molecule has 0 saturated heterocycles. The number of anilines is 1. The van der Waals surface area contributed by atoms with Gasteiger partial charge in [-0.05, 0) is 0 Å². The van der Waals surface area contributed by atoms with Gasteiger partial charge in [-0.1, -0.05) is 0 Å². The lowest BCUT2D eigenvalue weighted by Gasteiger charge is -2.03. The van der Waals surface area contributed by atoms with Crippen LogP contribution in [0.3, 0.4) is 0 Å². The number of aromatic amines is 1. The number of aromatic nitrogens is 6. The molecule has 3 rings (SSSR count). The second-order valence-corrected chi connectivity index (χ2v) is 3.46. The van der Waals surface area contributed by atoms with E-state index in [2.05, 4.69) is 25.0 Å². The molecule has 0 spiro atoms. The Morgan fingerprint density at radius 1 is 1.39 bits per heavy atom. The minimum Gasteiger partial charge on any atom is -0.477 e. The van der Waals surface area contributed by atoms with Crippen LogP contribution in [0.5, 0.6) is 0 Å². The van der Waals surface area contributed by atoms with Crippen LogP contribution in [0.1, 0.15) is 10.4 Å². The van der Waals surface area contributed by atoms with Crippen LogP contribution in [0, 0.1) is 0 Å². The maximum atomic E-state index is 10.9. The highest BCUT2D eigenvalue weighted by molar-refractivity contribution is 5.93. The summed E-state index contributed by atoms with van der Waals surface area (Å²) >= 11 is 0. The van der Waals surface area contributed by atoms with Crippen LogP contribution < -0.4 is 5.73 Å². The van der Waals surface area contributed by atoms with Crippen molar-refractivity contribution in [2.75, 3.05) is 5.73 Å². The number of carbonyl (C=O) groups is 1. The van der Waals surface area contributed by atoms with Gasteiger partial charge >= 0.3 is 5.97 Å². The molecule has 0 atom stereocenters. The van der Waals surface area contributed by atoms with E-state index in [0.717, 1.165) is 0 Å². The smallest absolute Gasteiger partial charge is 0.341 e. The average Bonchev–Trinajstić information content (AvgIpc) is 2.94. The Morgan fingerprint density at radius 3 is 2.94 bits per heavy atom. The molecule has 0 aliphatic heterocycles. The van der Waals surface area contributed by atoms with Crippen LogP contribution in [0.2, 0.25) is 0 Å². The minimum atomic E-state index is -1.14. The summed E-state index contributed by atoms with van der Waals surface area (Å²) in [6.07, 6.45) is 3.93. The highest BCUT2D eigenvalue weighted by Gasteiger charge is 2.17. The molecular formula is C9H7N7O2. The molecule has 0 amide bonds. The number of carboxylic acids is 1. The van der Waals surface area contributed by atoms with E-state index in [0.29, 0.717) is 17.0 Å². The number of hydrogen-bond acceptors (Lipinski definition) is 6. The number of nitrogens with zero attached hydrogens (tertiary/aromatic N) is 5. The second-order valence-electron chi connectivity index (χ2n) is 3.46. The summed E-state index contributed by atoms with van der Waals surface area (Å²) in [5.74, 6) is -0.798. The molecule has 0 saturated carbocycles. The first-order valence-electron chi connectivity index (χ1n) is 4.89. The average molecular weight is 245 g/mol. The van der Waals surface area contributed by atoms with Crippen LogP contribution in [-0.4, -0.2) is 40.8 Å². The van der Waals surface area contributed by atoms with Crippen LogP contribution in [0.4, 0.5) is 5.82 Å². The van der Waals surface area contributed by atoms with Gasteiger partial charge < -0.3 is 15.8 Å². The fraction of sp³-hybridized carbons (Fsp3) is 0. The monoisotopic (exact) mass is 245 g/mol. The van der Waals surface area contributed by atoms with E-state index < -0.39 is 5.97 Å². The molecule has 3 heterocycles. The van der Waals surface area contributed by atoms with E-state index in [1.165, 1.54) is 23.5 Å². The molecule has 0 aliphatic carbocycles. The Morgan fingerprint density at radius 2 is 2.22 bits per heavy atom. The number of rotatable bonds is 2. The molecule has 4 N–H and O–H groups in total. The number of hydrogen-bond donors (Lipinski definition) is 3. The number of aromatic carboxylic acids is 1. The van der Waals surface area contributed by atoms with E-state index in [4.69, 9.17) is 10.8 Å². The molecule has 9 heteroatoms. The lowest BCUT2D eigenvalue weighted by atomic mass is 10.3. The lowest BCUT2D eigenvalue weighted by molar-refractivity contribution is 0.0698. The Labute approximate surface area is 99.3 Å². The molecule has 18 heavy (non-hydrogen) atoms. The first-order chi connectivity index (χ1) is 8.68. The number of imidazole rings is 1. The molecule has 3 aromatic rings. The lowest BCUT2D eigenvalue weighted by Crippen LogP contribution is -2.08. The van der Waals surface area contributed by atoms with E-state index in [9.17, 15) is 4.79 Å². The number of fused-ring (bicyclic) bond motifs is 1. The van der Waals surface area contributed by atoms with Crippen LogP contribution in [-0.2, 0) is 0 Å². The molecular weight excluding hydrogens is 238 g/mol. The van der Waals surface area contributed by atoms with Gasteiger partial charge in [0.15, 0.2) is 11.5 Å². The summed E-state index contributed by atoms with van der Waals surface area (Å²) in [5, 5.41) is 12.8. The summed E-state index contributed by atoms with van der Waals surface area (Å²) in [6, 6.07) is 0. The van der Waals surface area contributed by atoms with Crippen LogP contribution >= 0.6 is 0 Å². The van der Waals surface area contributed by atoms with Crippen LogP contribution in [0.25, 0.3) is 17.0 Å². The molecule has 0 fully saturated rings. The fourth-order valence-electron chi connectivity index (χ4n) is 1.60. The summed E-state index contributed by atoms with van der Waals surface area (Å²) in [6.45, 7) is 0. The maximum Gasteiger partial charge on any atom is 0.341 e. The molecule has 0 unspecified atom stereocenters. The second kappa shape index (κ2) is 3.52. The van der Waals surface area contributed by atoms with Gasteiger partial charge in [-0.15, -0.1) is 0 Å². The summed E-state index contributed by atoms with van der Waals surface area (Å²) in [7, 11) is 0. The van der Waals surface area contributed by atoms with Gasteiger partial charge in [-0.3, -0.25) is 0 Å². The van der Waals surface area contributed by atoms with Gasteiger partial charge in [-0.25, -0.2) is 19.7 Å². The Hall–Kier alpha value is -2.97. The highest BCUT2D eigenvalue weighted by Crippen LogP contribution is 2.19. The van der Waals surface area contributed by atoms with Crippen molar-refractivity contribution in [3.63, 3.8) is 0 Å². The molecule has 0 radical (unpaired) electrons. The van der Waals surface area contributed by atoms with Gasteiger partial charge in [-0.2, -0.15) is 9.78 Å². The first-order valence-corrected chi connectivity index (χ1v) is 4.89. The number of nitrogen functional groups attached to an aromatic ring is 1. The van der Waals surface area contributed by atoms with E-state index in [1.54, 1.807) is 0 Å². The van der Waals surface area contributed by atoms with Gasteiger partial charge in [0.05, 0.1) is 12.5 Å². The molecule has 0 bridgehead atoms. The zero-order valence-corrected chi connectivity index (χ0v) is 8.90. The van der Waals surface area contributed by atoms with E-state index in [1.807, 2.05) is 0 Å². The Bertz CT molecular complexity index is 744. The predicted molar refractivity (Wildman–Crippen MR) is 60.2 cm³/mol. The van der Waals surface area contributed by atoms with Crippen molar-refractivity contribution >= 4 is 23.0 Å².